The summed E-state index contributed by atoms with van der Waals surface area (Å²) in [6.07, 6.45) is 1.71. The Morgan fingerprint density at radius 2 is 2.06 bits per heavy atom. The number of carbonyl (C=O) groups is 1. The van der Waals surface area contributed by atoms with Gasteiger partial charge in [0, 0.05) is 6.20 Å². The summed E-state index contributed by atoms with van der Waals surface area (Å²) < 4.78 is 0. The molecule has 0 saturated heterocycles. The fourth-order valence-electron chi connectivity index (χ4n) is 1.29. The molecule has 2 rings (SSSR count). The van der Waals surface area contributed by atoms with Gasteiger partial charge in [-0.15, -0.1) is 10.2 Å². The average Bonchev–Trinajstić information content (AvgIpc) is 2.38. The van der Waals surface area contributed by atoms with Crippen molar-refractivity contribution >= 4 is 11.6 Å². The molecule has 0 radical (unpaired) electrons. The second kappa shape index (κ2) is 5.16. The van der Waals surface area contributed by atoms with Crippen LogP contribution < -0.4 is 5.32 Å². The molecule has 5 heteroatoms. The molecule has 0 fully saturated rings. The summed E-state index contributed by atoms with van der Waals surface area (Å²) in [6.45, 7) is 1.78. The van der Waals surface area contributed by atoms with Gasteiger partial charge >= 0.3 is 0 Å². The molecule has 0 amide bonds. The van der Waals surface area contributed by atoms with Crippen molar-refractivity contribution in [3.8, 4) is 11.4 Å². The van der Waals surface area contributed by atoms with Crippen LogP contribution in [0.5, 0.6) is 0 Å². The van der Waals surface area contributed by atoms with E-state index in [1.54, 1.807) is 12.3 Å². The Bertz CT molecular complexity index is 496. The number of aromatic nitrogens is 3. The first-order chi connectivity index (χ1) is 8.25. The Hall–Kier alpha value is -2.30. The highest BCUT2D eigenvalue weighted by atomic mass is 16.1. The van der Waals surface area contributed by atoms with Gasteiger partial charge < -0.3 is 5.32 Å². The fraction of sp³-hybridized carbons (Fsp3) is 0.167. The van der Waals surface area contributed by atoms with Crippen molar-refractivity contribution in [2.75, 3.05) is 11.9 Å². The van der Waals surface area contributed by atoms with Crippen molar-refractivity contribution in [1.29, 1.82) is 0 Å². The molecule has 86 valence electrons. The summed E-state index contributed by atoms with van der Waals surface area (Å²) in [4.78, 5) is 15.0. The highest BCUT2D eigenvalue weighted by Gasteiger charge is 2.01. The zero-order valence-electron chi connectivity index (χ0n) is 9.42. The molecule has 0 aliphatic rings. The van der Waals surface area contributed by atoms with Crippen LogP contribution in [0.2, 0.25) is 0 Å². The molecule has 1 N–H and O–H groups in total. The van der Waals surface area contributed by atoms with Crippen LogP contribution in [0.15, 0.2) is 36.5 Å². The van der Waals surface area contributed by atoms with Crippen molar-refractivity contribution in [3.63, 3.8) is 0 Å². The summed E-state index contributed by atoms with van der Waals surface area (Å²) in [6, 6.07) is 9.20. The summed E-state index contributed by atoms with van der Waals surface area (Å²) in [5.74, 6) is 0.639. The number of anilines is 1. The summed E-state index contributed by atoms with van der Waals surface area (Å²) in [7, 11) is 0. The van der Waals surface area contributed by atoms with Crippen molar-refractivity contribution < 1.29 is 4.79 Å². The van der Waals surface area contributed by atoms with Crippen molar-refractivity contribution in [2.45, 2.75) is 6.92 Å². The minimum Gasteiger partial charge on any atom is -0.362 e. The maximum atomic E-state index is 10.8. The maximum Gasteiger partial charge on any atom is 0.149 e. The van der Waals surface area contributed by atoms with Crippen LogP contribution in [0.1, 0.15) is 6.92 Å². The highest BCUT2D eigenvalue weighted by Crippen LogP contribution is 2.13. The molecular weight excluding hydrogens is 216 g/mol. The third-order valence-electron chi connectivity index (χ3n) is 2.11. The molecular formula is C12H12N4O. The molecule has 0 spiro atoms. The van der Waals surface area contributed by atoms with E-state index in [2.05, 4.69) is 20.5 Å². The summed E-state index contributed by atoms with van der Waals surface area (Å²) in [5, 5.41) is 10.9. The number of rotatable bonds is 4. The van der Waals surface area contributed by atoms with Crippen LogP contribution in [-0.4, -0.2) is 27.5 Å². The van der Waals surface area contributed by atoms with Crippen LogP contribution in [0.4, 0.5) is 5.82 Å². The van der Waals surface area contributed by atoms with E-state index in [1.807, 2.05) is 24.3 Å². The van der Waals surface area contributed by atoms with Crippen LogP contribution >= 0.6 is 0 Å². The Balaban J connectivity index is 2.11. The number of hydrogen-bond donors (Lipinski definition) is 1. The van der Waals surface area contributed by atoms with Gasteiger partial charge in [-0.25, -0.2) is 0 Å². The molecule has 5 nitrogen and oxygen atoms in total. The Morgan fingerprint density at radius 3 is 2.65 bits per heavy atom. The first kappa shape index (κ1) is 11.2. The number of nitrogens with one attached hydrogen (secondary N) is 1. The third-order valence-corrected chi connectivity index (χ3v) is 2.11. The Labute approximate surface area is 98.9 Å². The van der Waals surface area contributed by atoms with Crippen molar-refractivity contribution in [1.82, 2.24) is 15.2 Å². The van der Waals surface area contributed by atoms with Gasteiger partial charge in [0.25, 0.3) is 0 Å². The second-order valence-corrected chi connectivity index (χ2v) is 3.57. The standard InChI is InChI=1S/C12H12N4O/c1-9(17)8-14-12-6-5-11(15-16-12)10-4-2-3-7-13-10/h2-7H,8H2,1H3,(H,14,16). The minimum atomic E-state index is 0.0561. The molecule has 0 aliphatic heterocycles. The van der Waals surface area contributed by atoms with E-state index in [0.717, 1.165) is 5.69 Å². The minimum absolute atomic E-state index is 0.0561. The van der Waals surface area contributed by atoms with Gasteiger partial charge in [0.2, 0.25) is 0 Å². The number of hydrogen-bond acceptors (Lipinski definition) is 5. The van der Waals surface area contributed by atoms with Crippen LogP contribution in [0.3, 0.4) is 0 Å². The van der Waals surface area contributed by atoms with Gasteiger partial charge in [0.15, 0.2) is 0 Å². The Morgan fingerprint density at radius 1 is 1.18 bits per heavy atom. The lowest BCUT2D eigenvalue weighted by atomic mass is 10.2. The van der Waals surface area contributed by atoms with E-state index < -0.39 is 0 Å². The lowest BCUT2D eigenvalue weighted by molar-refractivity contribution is -0.115. The van der Waals surface area contributed by atoms with E-state index in [9.17, 15) is 4.79 Å². The first-order valence-corrected chi connectivity index (χ1v) is 5.24. The largest absolute Gasteiger partial charge is 0.362 e. The molecule has 2 heterocycles. The fourth-order valence-corrected chi connectivity index (χ4v) is 1.29. The van der Waals surface area contributed by atoms with Gasteiger partial charge in [-0.2, -0.15) is 0 Å². The molecule has 17 heavy (non-hydrogen) atoms. The number of carbonyl (C=O) groups excluding carboxylic acids is 1. The van der Waals surface area contributed by atoms with E-state index in [0.29, 0.717) is 11.5 Å². The number of nitrogens with zero attached hydrogens (tertiary/aromatic N) is 3. The normalized spacial score (nSPS) is 9.94. The smallest absolute Gasteiger partial charge is 0.149 e. The molecule has 0 aromatic carbocycles. The molecule has 0 aliphatic carbocycles. The lowest BCUT2D eigenvalue weighted by Gasteiger charge is -2.03. The lowest BCUT2D eigenvalue weighted by Crippen LogP contribution is -2.11. The monoisotopic (exact) mass is 228 g/mol. The zero-order valence-corrected chi connectivity index (χ0v) is 9.42. The van der Waals surface area contributed by atoms with E-state index in [1.165, 1.54) is 6.92 Å². The van der Waals surface area contributed by atoms with Gasteiger partial charge in [-0.3, -0.25) is 9.78 Å². The zero-order chi connectivity index (χ0) is 12.1. The van der Waals surface area contributed by atoms with Gasteiger partial charge in [0.1, 0.15) is 17.3 Å². The molecule has 2 aromatic heterocycles. The van der Waals surface area contributed by atoms with Crippen LogP contribution in [0.25, 0.3) is 11.4 Å². The summed E-state index contributed by atoms with van der Waals surface area (Å²) in [5.41, 5.74) is 1.48. The topological polar surface area (TPSA) is 67.8 Å². The van der Waals surface area contributed by atoms with Gasteiger partial charge in [-0.1, -0.05) is 6.07 Å². The SMILES string of the molecule is CC(=O)CNc1ccc(-c2ccccn2)nn1. The van der Waals surface area contributed by atoms with E-state index in [-0.39, 0.29) is 12.3 Å². The summed E-state index contributed by atoms with van der Waals surface area (Å²) >= 11 is 0. The number of ketones is 1. The average molecular weight is 228 g/mol. The predicted octanol–water partition coefficient (Wildman–Crippen LogP) is 1.54. The maximum absolute atomic E-state index is 10.8. The molecule has 2 aromatic rings. The van der Waals surface area contributed by atoms with Crippen LogP contribution in [0, 0.1) is 0 Å². The molecule has 0 bridgehead atoms. The quantitative estimate of drug-likeness (QED) is 0.859. The van der Waals surface area contributed by atoms with Crippen LogP contribution in [-0.2, 0) is 4.79 Å². The van der Waals surface area contributed by atoms with E-state index in [4.69, 9.17) is 0 Å². The highest BCUT2D eigenvalue weighted by molar-refractivity contribution is 5.80. The van der Waals surface area contributed by atoms with E-state index >= 15 is 0 Å². The third kappa shape index (κ3) is 3.07. The predicted molar refractivity (Wildman–Crippen MR) is 64.4 cm³/mol. The molecule has 0 saturated carbocycles. The van der Waals surface area contributed by atoms with Gasteiger partial charge in [0.05, 0.1) is 12.2 Å². The molecule has 0 unspecified atom stereocenters. The number of Topliss-reactive ketones (excluding diaryl/α,β-unsaturated/α-hetero) is 1. The number of pyridine rings is 1. The Kier molecular flexibility index (Phi) is 3.40. The molecule has 0 atom stereocenters. The van der Waals surface area contributed by atoms with Gasteiger partial charge in [-0.05, 0) is 31.2 Å². The van der Waals surface area contributed by atoms with Crippen molar-refractivity contribution in [3.05, 3.63) is 36.5 Å². The first-order valence-electron chi connectivity index (χ1n) is 5.24. The van der Waals surface area contributed by atoms with Crippen molar-refractivity contribution in [2.24, 2.45) is 0 Å². The second-order valence-electron chi connectivity index (χ2n) is 3.57.